The van der Waals surface area contributed by atoms with Crippen LogP contribution in [0.1, 0.15) is 18.9 Å². The summed E-state index contributed by atoms with van der Waals surface area (Å²) in [5, 5.41) is 0. The van der Waals surface area contributed by atoms with E-state index in [2.05, 4.69) is 26.9 Å². The third-order valence-corrected chi connectivity index (χ3v) is 5.17. The Hall–Kier alpha value is -3.00. The van der Waals surface area contributed by atoms with Crippen LogP contribution in [0, 0.1) is 0 Å². The maximum Gasteiger partial charge on any atom is 0.327 e. The van der Waals surface area contributed by atoms with E-state index in [4.69, 9.17) is 4.98 Å². The molecular formula is C18H19N7O. The number of piperidine rings is 1. The van der Waals surface area contributed by atoms with E-state index in [9.17, 15) is 4.79 Å². The highest BCUT2D eigenvalue weighted by Crippen LogP contribution is 2.24. The average Bonchev–Trinajstić information content (AvgIpc) is 3.22. The second kappa shape index (κ2) is 5.77. The maximum atomic E-state index is 12.5. The molecule has 4 aromatic rings. The lowest BCUT2D eigenvalue weighted by atomic mass is 10.1. The van der Waals surface area contributed by atoms with Gasteiger partial charge in [-0.05, 0) is 45.1 Å². The molecule has 0 saturated carbocycles. The normalized spacial score (nSPS) is 16.7. The Morgan fingerprint density at radius 3 is 2.81 bits per heavy atom. The first-order valence-corrected chi connectivity index (χ1v) is 8.79. The quantitative estimate of drug-likeness (QED) is 0.596. The Bertz CT molecular complexity index is 1150. The number of rotatable bonds is 2. The SMILES string of the molecule is CN1CCC(n2c(=O)[nH]c3cnc(-n4cnc5ccccc54)nc32)CC1. The van der Waals surface area contributed by atoms with Gasteiger partial charge >= 0.3 is 5.69 Å². The smallest absolute Gasteiger partial charge is 0.306 e. The summed E-state index contributed by atoms with van der Waals surface area (Å²) in [4.78, 5) is 31.3. The van der Waals surface area contributed by atoms with Gasteiger partial charge in [0, 0.05) is 6.04 Å². The molecule has 5 rings (SSSR count). The van der Waals surface area contributed by atoms with Gasteiger partial charge in [0.1, 0.15) is 11.8 Å². The summed E-state index contributed by atoms with van der Waals surface area (Å²) in [5.41, 5.74) is 3.04. The number of aromatic nitrogens is 6. The van der Waals surface area contributed by atoms with Crippen LogP contribution < -0.4 is 5.69 Å². The van der Waals surface area contributed by atoms with E-state index in [1.54, 1.807) is 17.1 Å². The molecule has 1 aliphatic rings. The molecule has 132 valence electrons. The summed E-state index contributed by atoms with van der Waals surface area (Å²) >= 11 is 0. The molecule has 0 aliphatic carbocycles. The molecule has 0 spiro atoms. The van der Waals surface area contributed by atoms with Crippen LogP contribution in [-0.2, 0) is 0 Å². The summed E-state index contributed by atoms with van der Waals surface area (Å²) in [5.74, 6) is 0.520. The number of nitrogens with one attached hydrogen (secondary N) is 1. The lowest BCUT2D eigenvalue weighted by Gasteiger charge is -2.29. The fourth-order valence-electron chi connectivity index (χ4n) is 3.73. The minimum absolute atomic E-state index is 0.114. The molecular weight excluding hydrogens is 330 g/mol. The van der Waals surface area contributed by atoms with Gasteiger partial charge in [0.15, 0.2) is 5.65 Å². The van der Waals surface area contributed by atoms with Crippen molar-refractivity contribution in [3.8, 4) is 5.95 Å². The molecule has 3 aromatic heterocycles. The zero-order chi connectivity index (χ0) is 17.7. The van der Waals surface area contributed by atoms with Crippen molar-refractivity contribution in [2.45, 2.75) is 18.9 Å². The molecule has 0 unspecified atom stereocenters. The molecule has 1 saturated heterocycles. The van der Waals surface area contributed by atoms with Crippen LogP contribution in [-0.4, -0.2) is 54.1 Å². The summed E-state index contributed by atoms with van der Waals surface area (Å²) in [6, 6.07) is 8.01. The predicted molar refractivity (Wildman–Crippen MR) is 98.5 cm³/mol. The molecule has 0 atom stereocenters. The van der Waals surface area contributed by atoms with Crippen LogP contribution in [0.25, 0.3) is 28.1 Å². The number of aromatic amines is 1. The fourth-order valence-corrected chi connectivity index (χ4v) is 3.73. The molecule has 1 aromatic carbocycles. The molecule has 8 nitrogen and oxygen atoms in total. The monoisotopic (exact) mass is 349 g/mol. The Labute approximate surface area is 149 Å². The average molecular weight is 349 g/mol. The van der Waals surface area contributed by atoms with Gasteiger partial charge in [-0.3, -0.25) is 9.13 Å². The van der Waals surface area contributed by atoms with Crippen molar-refractivity contribution in [3.63, 3.8) is 0 Å². The van der Waals surface area contributed by atoms with Gasteiger partial charge in [0.2, 0.25) is 5.95 Å². The van der Waals surface area contributed by atoms with Crippen molar-refractivity contribution in [3.05, 3.63) is 47.3 Å². The van der Waals surface area contributed by atoms with Gasteiger partial charge in [0.25, 0.3) is 0 Å². The van der Waals surface area contributed by atoms with Gasteiger partial charge in [-0.1, -0.05) is 12.1 Å². The summed E-state index contributed by atoms with van der Waals surface area (Å²) in [7, 11) is 2.11. The predicted octanol–water partition coefficient (Wildman–Crippen LogP) is 1.73. The Kier molecular flexibility index (Phi) is 3.39. The molecule has 8 heteroatoms. The minimum Gasteiger partial charge on any atom is -0.306 e. The van der Waals surface area contributed by atoms with Gasteiger partial charge in [0.05, 0.1) is 17.2 Å². The van der Waals surface area contributed by atoms with E-state index in [0.29, 0.717) is 17.1 Å². The summed E-state index contributed by atoms with van der Waals surface area (Å²) in [6.07, 6.45) is 5.28. The number of hydrogen-bond acceptors (Lipinski definition) is 5. The van der Waals surface area contributed by atoms with Crippen molar-refractivity contribution in [1.29, 1.82) is 0 Å². The first-order chi connectivity index (χ1) is 12.7. The number of fused-ring (bicyclic) bond motifs is 2. The zero-order valence-corrected chi connectivity index (χ0v) is 14.5. The second-order valence-electron chi connectivity index (χ2n) is 6.85. The van der Waals surface area contributed by atoms with Crippen LogP contribution in [0.3, 0.4) is 0 Å². The van der Waals surface area contributed by atoms with Gasteiger partial charge < -0.3 is 9.88 Å². The highest BCUT2D eigenvalue weighted by atomic mass is 16.1. The molecule has 0 amide bonds. The van der Waals surface area contributed by atoms with E-state index < -0.39 is 0 Å². The second-order valence-corrected chi connectivity index (χ2v) is 6.85. The highest BCUT2D eigenvalue weighted by Gasteiger charge is 2.23. The topological polar surface area (TPSA) is 84.6 Å². The van der Waals surface area contributed by atoms with Crippen LogP contribution in [0.15, 0.2) is 41.6 Å². The van der Waals surface area contributed by atoms with Gasteiger partial charge in [-0.15, -0.1) is 0 Å². The number of benzene rings is 1. The third kappa shape index (κ3) is 2.33. The van der Waals surface area contributed by atoms with E-state index in [1.807, 2.05) is 28.8 Å². The van der Waals surface area contributed by atoms with E-state index >= 15 is 0 Å². The highest BCUT2D eigenvalue weighted by molar-refractivity contribution is 5.77. The standard InChI is InChI=1S/C18H19N7O/c1-23-8-6-12(7-9-23)25-16-14(21-18(25)26)10-19-17(22-16)24-11-20-13-4-2-3-5-15(13)24/h2-5,10-12H,6-9H2,1H3,(H,21,26). The van der Waals surface area contributed by atoms with Crippen LogP contribution in [0.2, 0.25) is 0 Å². The van der Waals surface area contributed by atoms with Crippen molar-refractivity contribution < 1.29 is 0 Å². The number of para-hydroxylation sites is 2. The van der Waals surface area contributed by atoms with Crippen LogP contribution >= 0.6 is 0 Å². The van der Waals surface area contributed by atoms with E-state index in [1.165, 1.54) is 0 Å². The van der Waals surface area contributed by atoms with Crippen LogP contribution in [0.5, 0.6) is 0 Å². The van der Waals surface area contributed by atoms with E-state index in [-0.39, 0.29) is 11.7 Å². The largest absolute Gasteiger partial charge is 0.327 e. The number of hydrogen-bond donors (Lipinski definition) is 1. The summed E-state index contributed by atoms with van der Waals surface area (Å²) in [6.45, 7) is 1.96. The molecule has 26 heavy (non-hydrogen) atoms. The lowest BCUT2D eigenvalue weighted by Crippen LogP contribution is -2.34. The molecule has 1 N–H and O–H groups in total. The van der Waals surface area contributed by atoms with Gasteiger partial charge in [-0.25, -0.2) is 14.8 Å². The van der Waals surface area contributed by atoms with E-state index in [0.717, 1.165) is 37.0 Å². The number of likely N-dealkylation sites (tertiary alicyclic amines) is 1. The minimum atomic E-state index is -0.114. The lowest BCUT2D eigenvalue weighted by molar-refractivity contribution is 0.221. The van der Waals surface area contributed by atoms with Crippen molar-refractivity contribution >= 4 is 22.2 Å². The Balaban J connectivity index is 1.65. The number of H-pyrrole nitrogens is 1. The first-order valence-electron chi connectivity index (χ1n) is 8.79. The van der Waals surface area contributed by atoms with Crippen molar-refractivity contribution in [2.75, 3.05) is 20.1 Å². The van der Waals surface area contributed by atoms with Gasteiger partial charge in [-0.2, -0.15) is 4.98 Å². The van der Waals surface area contributed by atoms with Crippen molar-refractivity contribution in [2.24, 2.45) is 0 Å². The zero-order valence-electron chi connectivity index (χ0n) is 14.5. The molecule has 0 radical (unpaired) electrons. The first kappa shape index (κ1) is 15.3. The fraction of sp³-hybridized carbons (Fsp3) is 0.333. The van der Waals surface area contributed by atoms with Crippen LogP contribution in [0.4, 0.5) is 0 Å². The number of nitrogens with zero attached hydrogens (tertiary/aromatic N) is 6. The molecule has 1 aliphatic heterocycles. The third-order valence-electron chi connectivity index (χ3n) is 5.17. The maximum absolute atomic E-state index is 12.5. The Morgan fingerprint density at radius 1 is 1.15 bits per heavy atom. The Morgan fingerprint density at radius 2 is 1.96 bits per heavy atom. The summed E-state index contributed by atoms with van der Waals surface area (Å²) < 4.78 is 3.65. The molecule has 1 fully saturated rings. The molecule has 4 heterocycles. The van der Waals surface area contributed by atoms with Crippen molar-refractivity contribution in [1.82, 2.24) is 34.0 Å². The molecule has 0 bridgehead atoms. The number of imidazole rings is 2.